The smallest absolute Gasteiger partial charge is 0.255 e. The van der Waals surface area contributed by atoms with E-state index in [1.165, 1.54) is 58.2 Å². The number of piperidine rings is 2. The van der Waals surface area contributed by atoms with E-state index in [0.29, 0.717) is 24.4 Å². The second-order valence-corrected chi connectivity index (χ2v) is 15.4. The number of fused-ring (bicyclic) bond motifs is 4. The van der Waals surface area contributed by atoms with Gasteiger partial charge in [-0.25, -0.2) is 0 Å². The van der Waals surface area contributed by atoms with Gasteiger partial charge in [-0.15, -0.1) is 0 Å². The molecule has 0 radical (unpaired) electrons. The third kappa shape index (κ3) is 6.06. The maximum atomic E-state index is 13.1. The van der Waals surface area contributed by atoms with Crippen LogP contribution in [0.15, 0.2) is 66.4 Å². The van der Waals surface area contributed by atoms with Crippen LogP contribution in [0.1, 0.15) is 78.1 Å². The Kier molecular flexibility index (Phi) is 8.57. The van der Waals surface area contributed by atoms with E-state index in [9.17, 15) is 14.4 Å². The monoisotopic (exact) mass is 697 g/mol. The first-order valence-corrected chi connectivity index (χ1v) is 19.1. The zero-order valence-corrected chi connectivity index (χ0v) is 30.0. The van der Waals surface area contributed by atoms with E-state index in [1.807, 2.05) is 12.3 Å². The van der Waals surface area contributed by atoms with Crippen LogP contribution in [0.3, 0.4) is 0 Å². The molecular formula is C42H47N7O3. The molecule has 0 spiro atoms. The van der Waals surface area contributed by atoms with Gasteiger partial charge in [-0.3, -0.25) is 29.7 Å². The molecule has 1 aromatic heterocycles. The largest absolute Gasteiger partial charge is 0.372 e. The van der Waals surface area contributed by atoms with E-state index in [-0.39, 0.29) is 24.1 Å². The van der Waals surface area contributed by atoms with Crippen LogP contribution >= 0.6 is 0 Å². The van der Waals surface area contributed by atoms with Crippen molar-refractivity contribution in [2.24, 2.45) is 5.92 Å². The Morgan fingerprint density at radius 1 is 0.788 bits per heavy atom. The van der Waals surface area contributed by atoms with Crippen LogP contribution in [0, 0.1) is 5.92 Å². The van der Waals surface area contributed by atoms with Crippen LogP contribution in [0.25, 0.3) is 16.5 Å². The summed E-state index contributed by atoms with van der Waals surface area (Å²) in [5.74, 6) is -0.0352. The molecule has 52 heavy (non-hydrogen) atoms. The molecule has 10 nitrogen and oxygen atoms in total. The molecule has 3 fully saturated rings. The van der Waals surface area contributed by atoms with Gasteiger partial charge in [-0.1, -0.05) is 23.8 Å². The Labute approximate surface area is 304 Å². The number of hydrogen-bond donors (Lipinski definition) is 2. The van der Waals surface area contributed by atoms with Crippen molar-refractivity contribution >= 4 is 45.6 Å². The first-order chi connectivity index (χ1) is 25.4. The predicted molar refractivity (Wildman–Crippen MR) is 203 cm³/mol. The highest BCUT2D eigenvalue weighted by Gasteiger charge is 2.39. The Bertz CT molecular complexity index is 2070. The molecular weight excluding hydrogens is 651 g/mol. The van der Waals surface area contributed by atoms with Crippen LogP contribution in [0.2, 0.25) is 0 Å². The average molecular weight is 698 g/mol. The minimum absolute atomic E-state index is 0.116. The molecule has 0 unspecified atom stereocenters. The van der Waals surface area contributed by atoms with E-state index < -0.39 is 6.04 Å². The summed E-state index contributed by atoms with van der Waals surface area (Å²) in [7, 11) is 0. The topological polar surface area (TPSA) is 105 Å². The summed E-state index contributed by atoms with van der Waals surface area (Å²) >= 11 is 0. The van der Waals surface area contributed by atoms with E-state index >= 15 is 0 Å². The molecule has 5 heterocycles. The van der Waals surface area contributed by atoms with Crippen molar-refractivity contribution in [1.82, 2.24) is 25.3 Å². The van der Waals surface area contributed by atoms with E-state index in [2.05, 4.69) is 85.7 Å². The number of carbonyl (C=O) groups is 3. The van der Waals surface area contributed by atoms with Gasteiger partial charge in [0.05, 0.1) is 11.7 Å². The molecule has 3 saturated heterocycles. The number of aryl methyl sites for hydroxylation is 1. The summed E-state index contributed by atoms with van der Waals surface area (Å²) in [5.41, 5.74) is 12.2. The van der Waals surface area contributed by atoms with Crippen molar-refractivity contribution in [3.63, 3.8) is 0 Å². The number of nitrogens with zero attached hydrogens (tertiary/aromatic N) is 5. The number of aromatic nitrogens is 2. The third-order valence-electron chi connectivity index (χ3n) is 12.3. The van der Waals surface area contributed by atoms with Gasteiger partial charge in [0.1, 0.15) is 6.04 Å². The molecule has 3 aromatic carbocycles. The predicted octanol–water partition coefficient (Wildman–Crippen LogP) is 5.52. The Morgan fingerprint density at radius 3 is 2.33 bits per heavy atom. The highest BCUT2D eigenvalue weighted by Crippen LogP contribution is 2.39. The molecule has 1 aliphatic carbocycles. The fraction of sp³-hybridized carbons (Fsp3) is 0.429. The SMILES string of the molecule is CC1=C(c2ccc(N3CCC(CN4CCN(c5ccc6c(c5)CN([C@H]5CCC(=O)NC5=O)C6=O)CC4)CC3)cc2)c2ccc3[nH]ncc3c2CCC1. The van der Waals surface area contributed by atoms with Gasteiger partial charge >= 0.3 is 0 Å². The molecule has 3 amide bonds. The maximum absolute atomic E-state index is 13.1. The van der Waals surface area contributed by atoms with Gasteiger partial charge in [0.15, 0.2) is 0 Å². The van der Waals surface area contributed by atoms with Gasteiger partial charge in [-0.2, -0.15) is 5.10 Å². The number of benzene rings is 3. The second-order valence-electron chi connectivity index (χ2n) is 15.4. The quantitative estimate of drug-likeness (QED) is 0.256. The summed E-state index contributed by atoms with van der Waals surface area (Å²) < 4.78 is 0. The number of aromatic amines is 1. The van der Waals surface area contributed by atoms with Crippen molar-refractivity contribution < 1.29 is 14.4 Å². The lowest BCUT2D eigenvalue weighted by molar-refractivity contribution is -0.136. The molecule has 9 rings (SSSR count). The number of allylic oxidation sites excluding steroid dienone is 1. The minimum Gasteiger partial charge on any atom is -0.372 e. The van der Waals surface area contributed by atoms with Crippen LogP contribution in [-0.4, -0.2) is 89.6 Å². The van der Waals surface area contributed by atoms with Gasteiger partial charge in [0, 0.05) is 81.1 Å². The fourth-order valence-corrected chi connectivity index (χ4v) is 9.39. The molecule has 0 saturated carbocycles. The van der Waals surface area contributed by atoms with Crippen molar-refractivity contribution in [1.29, 1.82) is 0 Å². The van der Waals surface area contributed by atoms with Gasteiger partial charge in [-0.05, 0) is 116 Å². The number of nitrogens with one attached hydrogen (secondary N) is 2. The highest BCUT2D eigenvalue weighted by atomic mass is 16.2. The van der Waals surface area contributed by atoms with Crippen molar-refractivity contribution in [3.8, 4) is 0 Å². The fourth-order valence-electron chi connectivity index (χ4n) is 9.39. The zero-order valence-electron chi connectivity index (χ0n) is 30.0. The first-order valence-electron chi connectivity index (χ1n) is 19.1. The standard InChI is InChI=1S/C42H47N7O3/c1-27-3-2-4-34-35(11-12-37-36(34)24-43-45-37)40(27)29-5-7-31(8-6-29)47-17-15-28(16-18-47)25-46-19-21-48(22-20-46)32-9-10-33-30(23-32)26-49(42(33)52)38-13-14-39(50)44-41(38)51/h5-12,23-24,28,38H,2-4,13-22,25-26H2,1H3,(H,43,45)(H,44,50,51)/t38-/m0/s1. The molecule has 2 N–H and O–H groups in total. The Balaban J connectivity index is 0.776. The number of amides is 3. The lowest BCUT2D eigenvalue weighted by atomic mass is 9.89. The van der Waals surface area contributed by atoms with Crippen LogP contribution in [0.4, 0.5) is 11.4 Å². The Morgan fingerprint density at radius 2 is 1.54 bits per heavy atom. The van der Waals surface area contributed by atoms with Crippen LogP contribution < -0.4 is 15.1 Å². The number of hydrogen-bond acceptors (Lipinski definition) is 7. The van der Waals surface area contributed by atoms with Crippen molar-refractivity contribution in [3.05, 3.63) is 94.2 Å². The normalized spacial score (nSPS) is 21.8. The minimum atomic E-state index is -0.580. The number of rotatable bonds is 6. The number of anilines is 2. The molecule has 268 valence electrons. The van der Waals surface area contributed by atoms with Crippen LogP contribution in [-0.2, 0) is 22.6 Å². The van der Waals surface area contributed by atoms with E-state index in [0.717, 1.165) is 75.4 Å². The molecule has 4 aliphatic heterocycles. The zero-order chi connectivity index (χ0) is 35.3. The number of H-pyrrole nitrogens is 1. The number of carbonyl (C=O) groups excluding carboxylic acids is 3. The van der Waals surface area contributed by atoms with E-state index in [4.69, 9.17) is 0 Å². The van der Waals surface area contributed by atoms with Crippen molar-refractivity contribution in [2.45, 2.75) is 64.5 Å². The van der Waals surface area contributed by atoms with E-state index in [1.54, 1.807) is 4.90 Å². The summed E-state index contributed by atoms with van der Waals surface area (Å²) in [4.78, 5) is 46.4. The molecule has 4 aromatic rings. The summed E-state index contributed by atoms with van der Waals surface area (Å²) in [5, 5.41) is 11.1. The second kappa shape index (κ2) is 13.5. The summed E-state index contributed by atoms with van der Waals surface area (Å²) in [6.07, 6.45) is 8.44. The summed E-state index contributed by atoms with van der Waals surface area (Å²) in [6, 6.07) is 19.3. The van der Waals surface area contributed by atoms with Crippen LogP contribution in [0.5, 0.6) is 0 Å². The Hall–Kier alpha value is -4.96. The summed E-state index contributed by atoms with van der Waals surface area (Å²) in [6.45, 7) is 10.0. The lowest BCUT2D eigenvalue weighted by Crippen LogP contribution is -2.52. The molecule has 5 aliphatic rings. The number of imide groups is 1. The number of piperazine rings is 1. The van der Waals surface area contributed by atoms with Gasteiger partial charge in [0.2, 0.25) is 11.8 Å². The molecule has 1 atom stereocenters. The van der Waals surface area contributed by atoms with Gasteiger partial charge in [0.25, 0.3) is 5.91 Å². The third-order valence-corrected chi connectivity index (χ3v) is 12.3. The molecule has 10 heteroatoms. The highest BCUT2D eigenvalue weighted by molar-refractivity contribution is 6.05. The first kappa shape index (κ1) is 32.9. The molecule has 0 bridgehead atoms. The maximum Gasteiger partial charge on any atom is 0.255 e. The van der Waals surface area contributed by atoms with Gasteiger partial charge < -0.3 is 14.7 Å². The average Bonchev–Trinajstić information content (AvgIpc) is 3.73. The lowest BCUT2D eigenvalue weighted by Gasteiger charge is -2.40. The van der Waals surface area contributed by atoms with Crippen molar-refractivity contribution in [2.75, 3.05) is 55.6 Å².